The van der Waals surface area contributed by atoms with Crippen molar-refractivity contribution in [2.75, 3.05) is 17.6 Å². The van der Waals surface area contributed by atoms with Crippen LogP contribution in [-0.4, -0.2) is 45.2 Å². The molecule has 0 aliphatic heterocycles. The lowest BCUT2D eigenvalue weighted by molar-refractivity contribution is -0.123. The van der Waals surface area contributed by atoms with Gasteiger partial charge in [-0.3, -0.25) is 14.8 Å². The third kappa shape index (κ3) is 7.09. The predicted octanol–water partition coefficient (Wildman–Crippen LogP) is 0.449. The molecule has 0 atom stereocenters. The maximum Gasteiger partial charge on any atom is 0.340 e. The highest BCUT2D eigenvalue weighted by molar-refractivity contribution is 7.92. The summed E-state index contributed by atoms with van der Waals surface area (Å²) in [5.41, 5.74) is -0.0229. The van der Waals surface area contributed by atoms with Crippen LogP contribution in [0.1, 0.15) is 24.2 Å². The fraction of sp³-hybridized carbons (Fsp3) is 0.357. The van der Waals surface area contributed by atoms with Crippen LogP contribution in [0.3, 0.4) is 0 Å². The summed E-state index contributed by atoms with van der Waals surface area (Å²) in [7, 11) is -3.58. The van der Waals surface area contributed by atoms with Gasteiger partial charge < -0.3 is 10.1 Å². The number of nitrogens with one attached hydrogen (secondary N) is 3. The van der Waals surface area contributed by atoms with Crippen molar-refractivity contribution < 1.29 is 27.5 Å². The molecule has 0 spiro atoms. The van der Waals surface area contributed by atoms with E-state index in [9.17, 15) is 22.8 Å². The van der Waals surface area contributed by atoms with Gasteiger partial charge in [-0.15, -0.1) is 0 Å². The maximum atomic E-state index is 12.0. The van der Waals surface area contributed by atoms with E-state index in [0.29, 0.717) is 0 Å². The highest BCUT2D eigenvalue weighted by Crippen LogP contribution is 2.17. The van der Waals surface area contributed by atoms with Crippen LogP contribution in [0.15, 0.2) is 24.3 Å². The number of para-hydroxylation sites is 1. The van der Waals surface area contributed by atoms with Gasteiger partial charge in [0.15, 0.2) is 6.61 Å². The minimum Gasteiger partial charge on any atom is -0.452 e. The van der Waals surface area contributed by atoms with Crippen molar-refractivity contribution in [1.82, 2.24) is 10.6 Å². The summed E-state index contributed by atoms with van der Waals surface area (Å²) >= 11 is 0. The summed E-state index contributed by atoms with van der Waals surface area (Å²) < 4.78 is 29.5. The first-order chi connectivity index (χ1) is 11.1. The summed E-state index contributed by atoms with van der Waals surface area (Å²) in [5, 5.41) is 4.43. The molecule has 0 bridgehead atoms. The minimum absolute atomic E-state index is 0.0305. The molecule has 3 amide bonds. The zero-order valence-corrected chi connectivity index (χ0v) is 14.3. The van der Waals surface area contributed by atoms with Gasteiger partial charge in [-0.05, 0) is 26.0 Å². The number of urea groups is 1. The Labute approximate surface area is 139 Å². The molecule has 24 heavy (non-hydrogen) atoms. The second kappa shape index (κ2) is 8.29. The van der Waals surface area contributed by atoms with Crippen LogP contribution in [0.2, 0.25) is 0 Å². The van der Waals surface area contributed by atoms with Gasteiger partial charge in [0.05, 0.1) is 17.5 Å². The number of imide groups is 1. The van der Waals surface area contributed by atoms with Gasteiger partial charge in [-0.1, -0.05) is 12.1 Å². The molecular formula is C14H19N3O6S. The highest BCUT2D eigenvalue weighted by Gasteiger charge is 2.17. The molecule has 0 saturated heterocycles. The largest absolute Gasteiger partial charge is 0.452 e. The average Bonchev–Trinajstić information content (AvgIpc) is 2.42. The third-order valence-corrected chi connectivity index (χ3v) is 3.04. The minimum atomic E-state index is -3.58. The van der Waals surface area contributed by atoms with Crippen molar-refractivity contribution in [2.24, 2.45) is 0 Å². The Bertz CT molecular complexity index is 730. The molecule has 0 fully saturated rings. The van der Waals surface area contributed by atoms with E-state index in [0.717, 1.165) is 6.26 Å². The van der Waals surface area contributed by atoms with Crippen LogP contribution < -0.4 is 15.4 Å². The van der Waals surface area contributed by atoms with Gasteiger partial charge in [0.2, 0.25) is 10.0 Å². The zero-order chi connectivity index (χ0) is 18.3. The molecule has 0 unspecified atom stereocenters. The number of anilines is 1. The van der Waals surface area contributed by atoms with Crippen molar-refractivity contribution >= 4 is 33.6 Å². The SMILES string of the molecule is CC(C)NC(=O)NC(=O)COC(=O)c1ccccc1NS(C)(=O)=O. The Morgan fingerprint density at radius 3 is 2.38 bits per heavy atom. The van der Waals surface area contributed by atoms with Gasteiger partial charge in [0.25, 0.3) is 5.91 Å². The Morgan fingerprint density at radius 2 is 1.79 bits per heavy atom. The summed E-state index contributed by atoms with van der Waals surface area (Å²) in [6.07, 6.45) is 0.940. The van der Waals surface area contributed by atoms with Gasteiger partial charge >= 0.3 is 12.0 Å². The lowest BCUT2D eigenvalue weighted by Crippen LogP contribution is -2.44. The smallest absolute Gasteiger partial charge is 0.340 e. The molecule has 0 aromatic heterocycles. The fourth-order valence-corrected chi connectivity index (χ4v) is 2.20. The molecule has 10 heteroatoms. The van der Waals surface area contributed by atoms with Gasteiger partial charge in [-0.2, -0.15) is 0 Å². The molecule has 132 valence electrons. The molecule has 1 rings (SSSR count). The van der Waals surface area contributed by atoms with E-state index in [2.05, 4.69) is 10.0 Å². The first kappa shape index (κ1) is 19.4. The normalized spacial score (nSPS) is 10.8. The van der Waals surface area contributed by atoms with E-state index in [1.54, 1.807) is 13.8 Å². The Balaban J connectivity index is 2.66. The first-order valence-electron chi connectivity index (χ1n) is 6.93. The van der Waals surface area contributed by atoms with E-state index in [4.69, 9.17) is 4.74 Å². The highest BCUT2D eigenvalue weighted by atomic mass is 32.2. The van der Waals surface area contributed by atoms with Crippen molar-refractivity contribution in [3.8, 4) is 0 Å². The van der Waals surface area contributed by atoms with E-state index >= 15 is 0 Å². The molecule has 0 radical (unpaired) electrons. The van der Waals surface area contributed by atoms with Crippen molar-refractivity contribution in [2.45, 2.75) is 19.9 Å². The average molecular weight is 357 g/mol. The maximum absolute atomic E-state index is 12.0. The Hall–Kier alpha value is -2.62. The van der Waals surface area contributed by atoms with E-state index in [1.165, 1.54) is 24.3 Å². The van der Waals surface area contributed by atoms with Crippen molar-refractivity contribution in [1.29, 1.82) is 0 Å². The lowest BCUT2D eigenvalue weighted by atomic mass is 10.2. The number of rotatable bonds is 6. The zero-order valence-electron chi connectivity index (χ0n) is 13.5. The second-order valence-corrected chi connectivity index (χ2v) is 6.92. The van der Waals surface area contributed by atoms with Crippen LogP contribution in [0, 0.1) is 0 Å². The number of esters is 1. The number of hydrogen-bond donors (Lipinski definition) is 3. The molecule has 0 heterocycles. The number of carbonyl (C=O) groups excluding carboxylic acids is 3. The summed E-state index contributed by atoms with van der Waals surface area (Å²) in [6.45, 7) is 2.75. The first-order valence-corrected chi connectivity index (χ1v) is 8.82. The third-order valence-electron chi connectivity index (χ3n) is 2.45. The summed E-state index contributed by atoms with van der Waals surface area (Å²) in [6, 6.07) is 4.92. The molecule has 1 aromatic carbocycles. The quantitative estimate of drug-likeness (QED) is 0.634. The molecule has 9 nitrogen and oxygen atoms in total. The number of ether oxygens (including phenoxy) is 1. The van der Waals surface area contributed by atoms with Gasteiger partial charge in [0.1, 0.15) is 0 Å². The van der Waals surface area contributed by atoms with Gasteiger partial charge in [-0.25, -0.2) is 18.0 Å². The molecule has 1 aromatic rings. The number of carbonyl (C=O) groups is 3. The summed E-state index contributed by atoms with van der Waals surface area (Å²) in [5.74, 6) is -1.71. The van der Waals surface area contributed by atoms with Gasteiger partial charge in [0, 0.05) is 6.04 Å². The topological polar surface area (TPSA) is 131 Å². The molecular weight excluding hydrogens is 338 g/mol. The monoisotopic (exact) mass is 357 g/mol. The van der Waals surface area contributed by atoms with Crippen LogP contribution in [0.5, 0.6) is 0 Å². The fourth-order valence-electron chi connectivity index (χ4n) is 1.62. The Kier molecular flexibility index (Phi) is 6.71. The number of amides is 3. The van der Waals surface area contributed by atoms with Crippen LogP contribution >= 0.6 is 0 Å². The standard InChI is InChI=1S/C14H19N3O6S/c1-9(2)15-14(20)16-12(18)8-23-13(19)10-6-4-5-7-11(10)17-24(3,21)22/h4-7,9,17H,8H2,1-3H3,(H2,15,16,18,20). The van der Waals surface area contributed by atoms with E-state index < -0.39 is 34.5 Å². The molecule has 0 aliphatic rings. The van der Waals surface area contributed by atoms with E-state index in [-0.39, 0.29) is 17.3 Å². The summed E-state index contributed by atoms with van der Waals surface area (Å²) in [4.78, 5) is 34.8. The van der Waals surface area contributed by atoms with Crippen LogP contribution in [0.25, 0.3) is 0 Å². The number of benzene rings is 1. The molecule has 3 N–H and O–H groups in total. The van der Waals surface area contributed by atoms with E-state index in [1.807, 2.05) is 5.32 Å². The number of hydrogen-bond acceptors (Lipinski definition) is 6. The lowest BCUT2D eigenvalue weighted by Gasteiger charge is -2.11. The Morgan fingerprint density at radius 1 is 1.17 bits per heavy atom. The van der Waals surface area contributed by atoms with Crippen LogP contribution in [-0.2, 0) is 19.6 Å². The van der Waals surface area contributed by atoms with Crippen molar-refractivity contribution in [3.05, 3.63) is 29.8 Å². The van der Waals surface area contributed by atoms with Crippen molar-refractivity contribution in [3.63, 3.8) is 0 Å². The molecule has 0 saturated carbocycles. The predicted molar refractivity (Wildman–Crippen MR) is 87.0 cm³/mol. The van der Waals surface area contributed by atoms with Crippen LogP contribution in [0.4, 0.5) is 10.5 Å². The number of sulfonamides is 1. The molecule has 0 aliphatic carbocycles. The second-order valence-electron chi connectivity index (χ2n) is 5.17.